The van der Waals surface area contributed by atoms with Crippen LogP contribution in [0.5, 0.6) is 0 Å². The molecule has 2 aromatic carbocycles. The number of piperidine rings is 1. The monoisotopic (exact) mass is 441 g/mol. The number of benzene rings is 2. The summed E-state index contributed by atoms with van der Waals surface area (Å²) in [4.78, 5) is 26.6. The Bertz CT molecular complexity index is 1030. The first-order chi connectivity index (χ1) is 14.8. The van der Waals surface area contributed by atoms with Crippen LogP contribution in [0.15, 0.2) is 65.6 Å². The molecule has 0 aromatic heterocycles. The number of rotatable bonds is 7. The predicted molar refractivity (Wildman–Crippen MR) is 119 cm³/mol. The highest BCUT2D eigenvalue weighted by molar-refractivity contribution is 7.89. The second-order valence-electron chi connectivity index (χ2n) is 7.57. The van der Waals surface area contributed by atoms with Crippen molar-refractivity contribution in [3.8, 4) is 0 Å². The SMILES string of the molecule is NS(=O)(=O)c1ccc(CCNC(=O)C2CCN(C(=O)/C=C/c3ccccc3)CC2)cc1. The molecule has 1 heterocycles. The highest BCUT2D eigenvalue weighted by Crippen LogP contribution is 2.18. The summed E-state index contributed by atoms with van der Waals surface area (Å²) >= 11 is 0. The quantitative estimate of drug-likeness (QED) is 0.640. The van der Waals surface area contributed by atoms with E-state index in [1.807, 2.05) is 30.3 Å². The number of nitrogens with two attached hydrogens (primary N) is 1. The number of sulfonamides is 1. The molecular weight excluding hydrogens is 414 g/mol. The van der Waals surface area contributed by atoms with Gasteiger partial charge in [-0.3, -0.25) is 9.59 Å². The van der Waals surface area contributed by atoms with E-state index in [4.69, 9.17) is 5.14 Å². The molecule has 0 aliphatic carbocycles. The van der Waals surface area contributed by atoms with E-state index in [2.05, 4.69) is 5.32 Å². The molecule has 3 N–H and O–H groups in total. The summed E-state index contributed by atoms with van der Waals surface area (Å²) in [5, 5.41) is 8.03. The highest BCUT2D eigenvalue weighted by Gasteiger charge is 2.26. The number of likely N-dealkylation sites (tertiary alicyclic amines) is 1. The van der Waals surface area contributed by atoms with Gasteiger partial charge in [0.1, 0.15) is 0 Å². The van der Waals surface area contributed by atoms with Gasteiger partial charge in [-0.2, -0.15) is 0 Å². The Balaban J connectivity index is 1.40. The Morgan fingerprint density at radius 2 is 1.68 bits per heavy atom. The number of hydrogen-bond donors (Lipinski definition) is 2. The van der Waals surface area contributed by atoms with Crippen molar-refractivity contribution < 1.29 is 18.0 Å². The summed E-state index contributed by atoms with van der Waals surface area (Å²) in [5.74, 6) is -0.148. The zero-order valence-electron chi connectivity index (χ0n) is 17.2. The summed E-state index contributed by atoms with van der Waals surface area (Å²) in [7, 11) is -3.70. The molecule has 0 atom stereocenters. The number of carbonyl (C=O) groups is 2. The predicted octanol–water partition coefficient (Wildman–Crippen LogP) is 1.94. The van der Waals surface area contributed by atoms with Crippen molar-refractivity contribution in [2.45, 2.75) is 24.2 Å². The van der Waals surface area contributed by atoms with Crippen molar-refractivity contribution in [1.82, 2.24) is 10.2 Å². The Morgan fingerprint density at radius 3 is 2.29 bits per heavy atom. The third-order valence-corrected chi connectivity index (χ3v) is 6.29. The second kappa shape index (κ2) is 10.4. The zero-order valence-corrected chi connectivity index (χ0v) is 18.1. The van der Waals surface area contributed by atoms with Gasteiger partial charge in [-0.05, 0) is 48.6 Å². The number of carbonyl (C=O) groups excluding carboxylic acids is 2. The molecule has 2 aromatic rings. The molecule has 164 valence electrons. The topological polar surface area (TPSA) is 110 Å². The van der Waals surface area contributed by atoms with Gasteiger partial charge in [-0.1, -0.05) is 42.5 Å². The fraction of sp³-hybridized carbons (Fsp3) is 0.304. The van der Waals surface area contributed by atoms with Crippen molar-refractivity contribution in [3.05, 3.63) is 71.8 Å². The van der Waals surface area contributed by atoms with Crippen molar-refractivity contribution >= 4 is 27.9 Å². The van der Waals surface area contributed by atoms with Gasteiger partial charge in [0.15, 0.2) is 0 Å². The maximum Gasteiger partial charge on any atom is 0.246 e. The molecule has 1 saturated heterocycles. The summed E-state index contributed by atoms with van der Waals surface area (Å²) in [6.07, 6.45) is 5.26. The van der Waals surface area contributed by atoms with E-state index in [9.17, 15) is 18.0 Å². The number of nitrogens with zero attached hydrogens (tertiary/aromatic N) is 1. The largest absolute Gasteiger partial charge is 0.356 e. The van der Waals surface area contributed by atoms with E-state index in [-0.39, 0.29) is 22.6 Å². The lowest BCUT2D eigenvalue weighted by atomic mass is 9.95. The second-order valence-corrected chi connectivity index (χ2v) is 9.13. The lowest BCUT2D eigenvalue weighted by Gasteiger charge is -2.30. The molecule has 0 unspecified atom stereocenters. The molecule has 0 spiro atoms. The smallest absolute Gasteiger partial charge is 0.246 e. The Kier molecular flexibility index (Phi) is 7.59. The van der Waals surface area contributed by atoms with Gasteiger partial charge in [0, 0.05) is 31.6 Å². The van der Waals surface area contributed by atoms with Crippen LogP contribution in [0.2, 0.25) is 0 Å². The molecule has 8 heteroatoms. The Hall–Kier alpha value is -2.97. The fourth-order valence-corrected chi connectivity index (χ4v) is 4.03. The van der Waals surface area contributed by atoms with Crippen LogP contribution in [-0.2, 0) is 26.0 Å². The minimum atomic E-state index is -3.70. The van der Waals surface area contributed by atoms with E-state index in [1.54, 1.807) is 29.2 Å². The minimum Gasteiger partial charge on any atom is -0.356 e. The van der Waals surface area contributed by atoms with Gasteiger partial charge in [0.2, 0.25) is 21.8 Å². The van der Waals surface area contributed by atoms with Crippen LogP contribution in [0.25, 0.3) is 6.08 Å². The molecule has 31 heavy (non-hydrogen) atoms. The van der Waals surface area contributed by atoms with Gasteiger partial charge in [-0.25, -0.2) is 13.6 Å². The first-order valence-electron chi connectivity index (χ1n) is 10.2. The van der Waals surface area contributed by atoms with Crippen molar-refractivity contribution in [2.75, 3.05) is 19.6 Å². The summed E-state index contributed by atoms with van der Waals surface area (Å²) in [6, 6.07) is 16.0. The summed E-state index contributed by atoms with van der Waals surface area (Å²) in [6.45, 7) is 1.59. The van der Waals surface area contributed by atoms with Crippen LogP contribution in [0, 0.1) is 5.92 Å². The fourth-order valence-electron chi connectivity index (χ4n) is 3.52. The standard InChI is InChI=1S/C23H27N3O4S/c24-31(29,30)21-9-6-19(7-10-21)12-15-25-23(28)20-13-16-26(17-14-20)22(27)11-8-18-4-2-1-3-5-18/h1-11,20H,12-17H2,(H,25,28)(H2,24,29,30)/b11-8+. The lowest BCUT2D eigenvalue weighted by molar-refractivity contribution is -0.132. The van der Waals surface area contributed by atoms with Crippen molar-refractivity contribution in [1.29, 1.82) is 0 Å². The normalized spacial score (nSPS) is 15.2. The summed E-state index contributed by atoms with van der Waals surface area (Å²) < 4.78 is 22.6. The molecule has 3 rings (SSSR count). The molecule has 0 bridgehead atoms. The average molecular weight is 442 g/mol. The highest BCUT2D eigenvalue weighted by atomic mass is 32.2. The van der Waals surface area contributed by atoms with E-state index >= 15 is 0 Å². The minimum absolute atomic E-state index is 0.00640. The van der Waals surface area contributed by atoms with Crippen molar-refractivity contribution in [3.63, 3.8) is 0 Å². The number of nitrogens with one attached hydrogen (secondary N) is 1. The van der Waals surface area contributed by atoms with E-state index < -0.39 is 10.0 Å². The number of primary sulfonamides is 1. The van der Waals surface area contributed by atoms with Crippen LogP contribution < -0.4 is 10.5 Å². The molecular formula is C23H27N3O4S. The van der Waals surface area contributed by atoms with Crippen molar-refractivity contribution in [2.24, 2.45) is 11.1 Å². The van der Waals surface area contributed by atoms with Crippen LogP contribution in [0.1, 0.15) is 24.0 Å². The van der Waals surface area contributed by atoms with Gasteiger partial charge in [0.05, 0.1) is 4.90 Å². The maximum atomic E-state index is 12.4. The zero-order chi connectivity index (χ0) is 22.3. The van der Waals surface area contributed by atoms with Gasteiger partial charge >= 0.3 is 0 Å². The molecule has 1 aliphatic heterocycles. The average Bonchev–Trinajstić information content (AvgIpc) is 2.78. The van der Waals surface area contributed by atoms with E-state index in [1.165, 1.54) is 12.1 Å². The lowest BCUT2D eigenvalue weighted by Crippen LogP contribution is -2.42. The number of amides is 2. The Morgan fingerprint density at radius 1 is 1.03 bits per heavy atom. The molecule has 0 saturated carbocycles. The van der Waals surface area contributed by atoms with Gasteiger partial charge in [0.25, 0.3) is 0 Å². The van der Waals surface area contributed by atoms with Crippen LogP contribution in [-0.4, -0.2) is 44.8 Å². The third-order valence-electron chi connectivity index (χ3n) is 5.36. The first kappa shape index (κ1) is 22.7. The molecule has 0 radical (unpaired) electrons. The Labute approximate surface area is 183 Å². The number of hydrogen-bond acceptors (Lipinski definition) is 4. The molecule has 7 nitrogen and oxygen atoms in total. The molecule has 1 fully saturated rings. The first-order valence-corrected chi connectivity index (χ1v) is 11.8. The molecule has 1 aliphatic rings. The van der Waals surface area contributed by atoms with Gasteiger partial charge < -0.3 is 10.2 Å². The van der Waals surface area contributed by atoms with E-state index in [0.717, 1.165) is 11.1 Å². The van der Waals surface area contributed by atoms with E-state index in [0.29, 0.717) is 38.9 Å². The summed E-state index contributed by atoms with van der Waals surface area (Å²) in [5.41, 5.74) is 1.89. The third kappa shape index (κ3) is 6.77. The van der Waals surface area contributed by atoms with Crippen LogP contribution in [0.3, 0.4) is 0 Å². The van der Waals surface area contributed by atoms with Gasteiger partial charge in [-0.15, -0.1) is 0 Å². The molecule has 2 amide bonds. The van der Waals surface area contributed by atoms with Crippen LogP contribution in [0.4, 0.5) is 0 Å². The maximum absolute atomic E-state index is 12.4. The van der Waals surface area contributed by atoms with Crippen LogP contribution >= 0.6 is 0 Å².